The predicted octanol–water partition coefficient (Wildman–Crippen LogP) is 3.63. The van der Waals surface area contributed by atoms with Gasteiger partial charge in [-0.25, -0.2) is 4.79 Å². The third-order valence-corrected chi connectivity index (χ3v) is 2.00. The third kappa shape index (κ3) is 9.26. The minimum Gasteiger partial charge on any atom is -0.462 e. The molecule has 0 aliphatic rings. The lowest BCUT2D eigenvalue weighted by molar-refractivity contribution is -0.139. The Morgan fingerprint density at radius 2 is 2.00 bits per heavy atom. The molecule has 86 valence electrons. The molecule has 0 amide bonds. The maximum atomic E-state index is 11.0. The Kier molecular flexibility index (Phi) is 8.84. The number of esters is 1. The monoisotopic (exact) mass is 210 g/mol. The van der Waals surface area contributed by atoms with Gasteiger partial charge in [0, 0.05) is 5.57 Å². The Morgan fingerprint density at radius 3 is 2.60 bits per heavy atom. The van der Waals surface area contributed by atoms with Gasteiger partial charge < -0.3 is 4.74 Å². The van der Waals surface area contributed by atoms with Gasteiger partial charge in [0.1, 0.15) is 0 Å². The summed E-state index contributed by atoms with van der Waals surface area (Å²) in [6.45, 7) is 7.83. The largest absolute Gasteiger partial charge is 0.462 e. The second-order valence-corrected chi connectivity index (χ2v) is 3.65. The first kappa shape index (κ1) is 13.9. The number of hydrogen-bond acceptors (Lipinski definition) is 2. The molecule has 0 atom stereocenters. The van der Waals surface area contributed by atoms with Crippen molar-refractivity contribution in [3.63, 3.8) is 0 Å². The van der Waals surface area contributed by atoms with Gasteiger partial charge in [0.2, 0.25) is 0 Å². The van der Waals surface area contributed by atoms with E-state index < -0.39 is 0 Å². The summed E-state index contributed by atoms with van der Waals surface area (Å²) in [7, 11) is 0. The highest BCUT2D eigenvalue weighted by molar-refractivity contribution is 5.86. The van der Waals surface area contributed by atoms with Gasteiger partial charge in [0.05, 0.1) is 6.61 Å². The Balaban J connectivity index is 3.22. The third-order valence-electron chi connectivity index (χ3n) is 2.00. The van der Waals surface area contributed by atoms with Crippen molar-refractivity contribution in [2.75, 3.05) is 6.61 Å². The van der Waals surface area contributed by atoms with Gasteiger partial charge in [-0.2, -0.15) is 0 Å². The Labute approximate surface area is 93.0 Å². The molecule has 0 saturated heterocycles. The molecule has 0 aromatic rings. The van der Waals surface area contributed by atoms with Crippen LogP contribution in [0.5, 0.6) is 0 Å². The minimum atomic E-state index is -0.277. The highest BCUT2D eigenvalue weighted by Crippen LogP contribution is 2.02. The van der Waals surface area contributed by atoms with E-state index in [1.807, 2.05) is 0 Å². The molecule has 0 aromatic heterocycles. The van der Waals surface area contributed by atoms with Gasteiger partial charge in [-0.05, 0) is 39.0 Å². The molecule has 2 heteroatoms. The zero-order valence-corrected chi connectivity index (χ0v) is 9.92. The van der Waals surface area contributed by atoms with Crippen LogP contribution in [0, 0.1) is 0 Å². The summed E-state index contributed by atoms with van der Waals surface area (Å²) in [6, 6.07) is 0. The quantitative estimate of drug-likeness (QED) is 0.265. The summed E-state index contributed by atoms with van der Waals surface area (Å²) < 4.78 is 4.97. The van der Waals surface area contributed by atoms with Crippen molar-refractivity contribution in [1.29, 1.82) is 0 Å². The Hall–Kier alpha value is -1.05. The molecular weight excluding hydrogens is 188 g/mol. The normalized spacial score (nSPS) is 10.5. The van der Waals surface area contributed by atoms with E-state index in [0.717, 1.165) is 25.7 Å². The van der Waals surface area contributed by atoms with Crippen LogP contribution in [0.25, 0.3) is 0 Å². The highest BCUT2D eigenvalue weighted by Gasteiger charge is 2.01. The van der Waals surface area contributed by atoms with Crippen molar-refractivity contribution in [2.45, 2.75) is 46.0 Å². The van der Waals surface area contributed by atoms with Crippen LogP contribution in [0.4, 0.5) is 0 Å². The molecule has 0 bridgehead atoms. The number of rotatable bonds is 8. The molecule has 0 fully saturated rings. The van der Waals surface area contributed by atoms with E-state index in [0.29, 0.717) is 12.2 Å². The summed E-state index contributed by atoms with van der Waals surface area (Å²) in [4.78, 5) is 11.0. The molecule has 0 aliphatic carbocycles. The average molecular weight is 210 g/mol. The number of unbranched alkanes of at least 4 members (excludes halogenated alkanes) is 3. The Morgan fingerprint density at radius 1 is 1.27 bits per heavy atom. The first-order valence-electron chi connectivity index (χ1n) is 5.66. The first-order valence-corrected chi connectivity index (χ1v) is 5.66. The molecule has 0 rings (SSSR count). The standard InChI is InChI=1S/C13H22O2/c1-4-5-6-7-8-9-10-11-15-13(14)12(2)3/h5-6H,2,4,7-11H2,1,3H3/b6-5+. The zero-order chi connectivity index (χ0) is 11.5. The van der Waals surface area contributed by atoms with E-state index in [-0.39, 0.29) is 5.97 Å². The van der Waals surface area contributed by atoms with Crippen LogP contribution in [-0.2, 0) is 9.53 Å². The molecule has 0 heterocycles. The van der Waals surface area contributed by atoms with Crippen LogP contribution in [-0.4, -0.2) is 12.6 Å². The molecule has 0 aliphatic heterocycles. The molecule has 0 unspecified atom stereocenters. The minimum absolute atomic E-state index is 0.277. The molecule has 0 N–H and O–H groups in total. The fraction of sp³-hybridized carbons (Fsp3) is 0.615. The lowest BCUT2D eigenvalue weighted by Gasteiger charge is -2.03. The molecule has 0 aromatic carbocycles. The smallest absolute Gasteiger partial charge is 0.333 e. The van der Waals surface area contributed by atoms with Crippen molar-refractivity contribution in [3.05, 3.63) is 24.3 Å². The lowest BCUT2D eigenvalue weighted by Crippen LogP contribution is -2.05. The molecule has 0 radical (unpaired) electrons. The van der Waals surface area contributed by atoms with E-state index >= 15 is 0 Å². The lowest BCUT2D eigenvalue weighted by atomic mass is 10.2. The molecule has 0 spiro atoms. The van der Waals surface area contributed by atoms with E-state index in [4.69, 9.17) is 4.74 Å². The molecule has 2 nitrogen and oxygen atoms in total. The summed E-state index contributed by atoms with van der Waals surface area (Å²) in [5.41, 5.74) is 0.473. The van der Waals surface area contributed by atoms with Crippen LogP contribution in [0.3, 0.4) is 0 Å². The van der Waals surface area contributed by atoms with Crippen molar-refractivity contribution < 1.29 is 9.53 Å². The van der Waals surface area contributed by atoms with Crippen LogP contribution in [0.15, 0.2) is 24.3 Å². The average Bonchev–Trinajstić information content (AvgIpc) is 2.21. The van der Waals surface area contributed by atoms with E-state index in [9.17, 15) is 4.79 Å². The van der Waals surface area contributed by atoms with Crippen LogP contribution >= 0.6 is 0 Å². The Bertz CT molecular complexity index is 217. The number of hydrogen-bond donors (Lipinski definition) is 0. The summed E-state index contributed by atoms with van der Waals surface area (Å²) in [5, 5.41) is 0. The summed E-state index contributed by atoms with van der Waals surface area (Å²) in [5.74, 6) is -0.277. The second-order valence-electron chi connectivity index (χ2n) is 3.65. The number of allylic oxidation sites excluding steroid dienone is 2. The first-order chi connectivity index (χ1) is 7.18. The maximum absolute atomic E-state index is 11.0. The van der Waals surface area contributed by atoms with E-state index in [1.165, 1.54) is 6.42 Å². The van der Waals surface area contributed by atoms with E-state index in [1.54, 1.807) is 6.92 Å². The van der Waals surface area contributed by atoms with Crippen molar-refractivity contribution in [3.8, 4) is 0 Å². The van der Waals surface area contributed by atoms with E-state index in [2.05, 4.69) is 25.7 Å². The van der Waals surface area contributed by atoms with Gasteiger partial charge >= 0.3 is 5.97 Å². The van der Waals surface area contributed by atoms with Crippen molar-refractivity contribution in [2.24, 2.45) is 0 Å². The fourth-order valence-electron chi connectivity index (χ4n) is 1.11. The fourth-order valence-corrected chi connectivity index (χ4v) is 1.11. The van der Waals surface area contributed by atoms with Crippen molar-refractivity contribution >= 4 is 5.97 Å². The second kappa shape index (κ2) is 9.50. The van der Waals surface area contributed by atoms with Crippen LogP contribution in [0.2, 0.25) is 0 Å². The summed E-state index contributed by atoms with van der Waals surface area (Å²) >= 11 is 0. The van der Waals surface area contributed by atoms with Gasteiger partial charge in [-0.3, -0.25) is 0 Å². The van der Waals surface area contributed by atoms with Crippen molar-refractivity contribution in [1.82, 2.24) is 0 Å². The zero-order valence-electron chi connectivity index (χ0n) is 9.92. The maximum Gasteiger partial charge on any atom is 0.333 e. The highest BCUT2D eigenvalue weighted by atomic mass is 16.5. The van der Waals surface area contributed by atoms with Crippen LogP contribution in [0.1, 0.15) is 46.0 Å². The topological polar surface area (TPSA) is 26.3 Å². The molecule has 15 heavy (non-hydrogen) atoms. The number of carbonyl (C=O) groups excluding carboxylic acids is 1. The van der Waals surface area contributed by atoms with Crippen LogP contribution < -0.4 is 0 Å². The molecular formula is C13H22O2. The molecule has 0 saturated carbocycles. The van der Waals surface area contributed by atoms with Gasteiger partial charge in [0.15, 0.2) is 0 Å². The summed E-state index contributed by atoms with van der Waals surface area (Å²) in [6.07, 6.45) is 9.84. The van der Waals surface area contributed by atoms with Gasteiger partial charge in [0.25, 0.3) is 0 Å². The number of ether oxygens (including phenoxy) is 1. The SMILES string of the molecule is C=C(C)C(=O)OCCCCC/C=C/CC. The number of carbonyl (C=O) groups is 1. The predicted molar refractivity (Wildman–Crippen MR) is 63.7 cm³/mol. The van der Waals surface area contributed by atoms with Gasteiger partial charge in [-0.15, -0.1) is 0 Å². The van der Waals surface area contributed by atoms with Gasteiger partial charge in [-0.1, -0.05) is 25.7 Å².